The van der Waals surface area contributed by atoms with E-state index in [0.717, 1.165) is 25.7 Å². The van der Waals surface area contributed by atoms with E-state index in [4.69, 9.17) is 9.11 Å². The number of hydrogen-bond acceptors (Lipinski definition) is 4. The van der Waals surface area contributed by atoms with Gasteiger partial charge in [0.05, 0.1) is 11.5 Å². The molecule has 0 bridgehead atoms. The Hall–Kier alpha value is -0.180. The molecule has 6 nitrogen and oxygen atoms in total. The quantitative estimate of drug-likeness (QED) is 0.0655. The van der Waals surface area contributed by atoms with Gasteiger partial charge in [-0.05, 0) is 12.8 Å². The van der Waals surface area contributed by atoms with Gasteiger partial charge < -0.3 is 0 Å². The van der Waals surface area contributed by atoms with Gasteiger partial charge in [-0.1, -0.05) is 174 Å². The van der Waals surface area contributed by atoms with Crippen molar-refractivity contribution in [3.05, 3.63) is 0 Å². The molecule has 8 heteroatoms. The minimum Gasteiger partial charge on any atom is -0.286 e. The first kappa shape index (κ1) is 41.0. The van der Waals surface area contributed by atoms with E-state index in [1.807, 2.05) is 0 Å². The van der Waals surface area contributed by atoms with Crippen LogP contribution in [0, 0.1) is 0 Å². The lowest BCUT2D eigenvalue weighted by molar-refractivity contribution is 0.476. The lowest BCUT2D eigenvalue weighted by Crippen LogP contribution is -2.03. The molecule has 0 fully saturated rings. The van der Waals surface area contributed by atoms with Gasteiger partial charge in [0.2, 0.25) is 0 Å². The minimum atomic E-state index is -3.74. The summed E-state index contributed by atoms with van der Waals surface area (Å²) in [6.45, 7) is 4.50. The predicted octanol–water partition coefficient (Wildman–Crippen LogP) is 10.3. The fourth-order valence-electron chi connectivity index (χ4n) is 4.78. The first-order valence-electron chi connectivity index (χ1n) is 16.5. The van der Waals surface area contributed by atoms with E-state index in [1.165, 1.54) is 135 Å². The second-order valence-corrected chi connectivity index (χ2v) is 14.6. The lowest BCUT2D eigenvalue weighted by Gasteiger charge is -2.03. The van der Waals surface area contributed by atoms with Crippen LogP contribution < -0.4 is 0 Å². The van der Waals surface area contributed by atoms with Gasteiger partial charge in [0.15, 0.2) is 0 Å². The molecule has 0 aromatic carbocycles. The molecule has 2 N–H and O–H groups in total. The molecular weight excluding hydrogens is 532 g/mol. The fourth-order valence-corrected chi connectivity index (χ4v) is 5.92. The molecular formula is C31H66O6S2. The van der Waals surface area contributed by atoms with Crippen molar-refractivity contribution in [2.45, 2.75) is 187 Å². The van der Waals surface area contributed by atoms with Crippen molar-refractivity contribution in [1.29, 1.82) is 0 Å². The first-order chi connectivity index (χ1) is 18.6. The van der Waals surface area contributed by atoms with Crippen LogP contribution in [0.15, 0.2) is 0 Å². The Morgan fingerprint density at radius 1 is 0.308 bits per heavy atom. The van der Waals surface area contributed by atoms with E-state index in [0.29, 0.717) is 12.8 Å². The third-order valence-electron chi connectivity index (χ3n) is 7.26. The largest absolute Gasteiger partial charge is 0.286 e. The maximum Gasteiger partial charge on any atom is 0.264 e. The molecule has 0 aromatic heterocycles. The molecule has 0 saturated heterocycles. The zero-order valence-electron chi connectivity index (χ0n) is 25.9. The molecule has 238 valence electrons. The second kappa shape index (κ2) is 30.8. The third-order valence-corrected chi connectivity index (χ3v) is 8.87. The summed E-state index contributed by atoms with van der Waals surface area (Å²) in [5.74, 6) is -0.157. The summed E-state index contributed by atoms with van der Waals surface area (Å²) in [6.07, 6.45) is 33.3. The monoisotopic (exact) mass is 598 g/mol. The highest BCUT2D eigenvalue weighted by Crippen LogP contribution is 2.14. The van der Waals surface area contributed by atoms with Gasteiger partial charge in [-0.2, -0.15) is 16.8 Å². The number of hydrogen-bond donors (Lipinski definition) is 2. The van der Waals surface area contributed by atoms with E-state index < -0.39 is 20.2 Å². The smallest absolute Gasteiger partial charge is 0.264 e. The van der Waals surface area contributed by atoms with Crippen molar-refractivity contribution in [2.75, 3.05) is 11.5 Å². The highest BCUT2D eigenvalue weighted by Gasteiger charge is 2.03. The van der Waals surface area contributed by atoms with Gasteiger partial charge in [-0.3, -0.25) is 9.11 Å². The molecule has 0 saturated carbocycles. The Labute approximate surface area is 244 Å². The maximum absolute atomic E-state index is 10.5. The second-order valence-electron chi connectivity index (χ2n) is 11.4. The van der Waals surface area contributed by atoms with Crippen molar-refractivity contribution in [1.82, 2.24) is 0 Å². The Morgan fingerprint density at radius 3 is 0.615 bits per heavy atom. The van der Waals surface area contributed by atoms with E-state index in [1.54, 1.807) is 0 Å². The van der Waals surface area contributed by atoms with Crippen LogP contribution in [0.25, 0.3) is 0 Å². The van der Waals surface area contributed by atoms with E-state index in [9.17, 15) is 16.8 Å². The molecule has 0 rings (SSSR count). The van der Waals surface area contributed by atoms with Gasteiger partial charge in [0.1, 0.15) is 0 Å². The zero-order valence-corrected chi connectivity index (χ0v) is 27.5. The zero-order chi connectivity index (χ0) is 29.5. The number of rotatable bonds is 29. The van der Waals surface area contributed by atoms with Crippen molar-refractivity contribution < 1.29 is 25.9 Å². The first-order valence-corrected chi connectivity index (χ1v) is 19.7. The maximum atomic E-state index is 10.5. The van der Waals surface area contributed by atoms with Crippen LogP contribution >= 0.6 is 0 Å². The van der Waals surface area contributed by atoms with Crippen LogP contribution in [-0.2, 0) is 20.2 Å². The van der Waals surface area contributed by atoms with E-state index in [2.05, 4.69) is 13.8 Å². The van der Waals surface area contributed by atoms with Gasteiger partial charge in [0, 0.05) is 0 Å². The lowest BCUT2D eigenvalue weighted by atomic mass is 10.0. The Balaban J connectivity index is 0. The molecule has 0 aliphatic rings. The summed E-state index contributed by atoms with van der Waals surface area (Å²) in [7, 11) is -7.48. The van der Waals surface area contributed by atoms with E-state index >= 15 is 0 Å². The summed E-state index contributed by atoms with van der Waals surface area (Å²) in [5, 5.41) is 0. The highest BCUT2D eigenvalue weighted by atomic mass is 32.2. The van der Waals surface area contributed by atoms with Crippen LogP contribution in [-0.4, -0.2) is 37.4 Å². The van der Waals surface area contributed by atoms with Crippen LogP contribution in [0.1, 0.15) is 187 Å². The fraction of sp³-hybridized carbons (Fsp3) is 1.00. The SMILES string of the molecule is CCCCCCCCCCCCCCCCS(=O)(=O)O.CCCCCCCCCCCCCCCS(=O)(=O)O. The Bertz CT molecular complexity index is 677. The van der Waals surface area contributed by atoms with Crippen molar-refractivity contribution in [3.63, 3.8) is 0 Å². The molecule has 0 aliphatic heterocycles. The number of unbranched alkanes of at least 4 members (excludes halogenated alkanes) is 25. The summed E-state index contributed by atoms with van der Waals surface area (Å²) >= 11 is 0. The van der Waals surface area contributed by atoms with Crippen molar-refractivity contribution in [3.8, 4) is 0 Å². The summed E-state index contributed by atoms with van der Waals surface area (Å²) in [4.78, 5) is 0. The van der Waals surface area contributed by atoms with Crippen molar-refractivity contribution >= 4 is 20.2 Å². The summed E-state index contributed by atoms with van der Waals surface area (Å²) in [6, 6.07) is 0. The van der Waals surface area contributed by atoms with Crippen LogP contribution in [0.2, 0.25) is 0 Å². The van der Waals surface area contributed by atoms with Crippen LogP contribution in [0.4, 0.5) is 0 Å². The average Bonchev–Trinajstić information content (AvgIpc) is 2.86. The van der Waals surface area contributed by atoms with Gasteiger partial charge in [-0.25, -0.2) is 0 Å². The minimum absolute atomic E-state index is 0.0783. The Kier molecular flexibility index (Phi) is 32.3. The molecule has 0 unspecified atom stereocenters. The van der Waals surface area contributed by atoms with Crippen LogP contribution in [0.5, 0.6) is 0 Å². The average molecular weight is 599 g/mol. The normalized spacial score (nSPS) is 11.9. The molecule has 0 aromatic rings. The molecule has 0 spiro atoms. The van der Waals surface area contributed by atoms with Gasteiger partial charge in [-0.15, -0.1) is 0 Å². The molecule has 39 heavy (non-hydrogen) atoms. The molecule has 0 atom stereocenters. The molecule has 0 heterocycles. The van der Waals surface area contributed by atoms with Crippen LogP contribution in [0.3, 0.4) is 0 Å². The van der Waals surface area contributed by atoms with E-state index in [-0.39, 0.29) is 11.5 Å². The third kappa shape index (κ3) is 45.1. The summed E-state index contributed by atoms with van der Waals surface area (Å²) < 4.78 is 59.1. The topological polar surface area (TPSA) is 109 Å². The molecule has 0 amide bonds. The van der Waals surface area contributed by atoms with Gasteiger partial charge in [0.25, 0.3) is 20.2 Å². The standard InChI is InChI=1S/C16H34O3S.C15H32O3S/c1-2-3-4-5-6-7-8-9-10-11-12-13-14-15-16-20(17,18)19;1-2-3-4-5-6-7-8-9-10-11-12-13-14-15-19(16,17)18/h2-16H2,1H3,(H,17,18,19);2-15H2,1H3,(H,16,17,18). The predicted molar refractivity (Wildman–Crippen MR) is 169 cm³/mol. The molecule has 0 radical (unpaired) electrons. The summed E-state index contributed by atoms with van der Waals surface area (Å²) in [5.41, 5.74) is 0. The highest BCUT2D eigenvalue weighted by molar-refractivity contribution is 7.86. The molecule has 0 aliphatic carbocycles. The van der Waals surface area contributed by atoms with Gasteiger partial charge >= 0.3 is 0 Å². The Morgan fingerprint density at radius 2 is 0.462 bits per heavy atom. The van der Waals surface area contributed by atoms with Crippen molar-refractivity contribution in [2.24, 2.45) is 0 Å².